The Morgan fingerprint density at radius 2 is 1.03 bits per heavy atom. The number of rotatable bonds is 5. The van der Waals surface area contributed by atoms with Gasteiger partial charge in [0.2, 0.25) is 0 Å². The molecule has 3 nitrogen and oxygen atoms in total. The zero-order valence-corrected chi connectivity index (χ0v) is 32.9. The molecule has 0 atom stereocenters. The Balaban J connectivity index is 1.12. The van der Waals surface area contributed by atoms with E-state index in [0.717, 1.165) is 39.9 Å². The second-order valence-corrected chi connectivity index (χ2v) is 16.5. The van der Waals surface area contributed by atoms with Gasteiger partial charge in [0.1, 0.15) is 0 Å². The number of anilines is 6. The van der Waals surface area contributed by atoms with Gasteiger partial charge in [-0.15, -0.1) is 0 Å². The summed E-state index contributed by atoms with van der Waals surface area (Å²) in [6.45, 7) is 4.71. The molecule has 280 valence electrons. The number of para-hydroxylation sites is 2. The molecule has 0 bridgehead atoms. The quantitative estimate of drug-likeness (QED) is 0.174. The van der Waals surface area contributed by atoms with Gasteiger partial charge >= 0.3 is 0 Å². The Kier molecular flexibility index (Phi) is 7.19. The summed E-state index contributed by atoms with van der Waals surface area (Å²) in [7, 11) is 0. The molecule has 1 aliphatic carbocycles. The van der Waals surface area contributed by atoms with E-state index in [1.165, 1.54) is 61.0 Å². The van der Waals surface area contributed by atoms with E-state index < -0.39 is 5.41 Å². The van der Waals surface area contributed by atoms with Crippen molar-refractivity contribution in [1.82, 2.24) is 0 Å². The minimum absolute atomic E-state index is 0.323. The first-order valence-corrected chi connectivity index (χ1v) is 20.5. The highest BCUT2D eigenvalue weighted by Crippen LogP contribution is 2.63. The number of nitrogens with zero attached hydrogens (tertiary/aromatic N) is 2. The molecule has 9 aromatic carbocycles. The van der Waals surface area contributed by atoms with E-state index in [9.17, 15) is 0 Å². The Morgan fingerprint density at radius 1 is 0.424 bits per heavy atom. The predicted molar refractivity (Wildman–Crippen MR) is 243 cm³/mol. The summed E-state index contributed by atoms with van der Waals surface area (Å²) in [6, 6.07) is 75.4. The van der Waals surface area contributed by atoms with Crippen molar-refractivity contribution in [2.24, 2.45) is 0 Å². The molecule has 9 aromatic rings. The van der Waals surface area contributed by atoms with Crippen LogP contribution in [-0.4, -0.2) is 0 Å². The van der Waals surface area contributed by atoms with Gasteiger partial charge in [-0.1, -0.05) is 172 Å². The van der Waals surface area contributed by atoms with Crippen LogP contribution in [0.5, 0.6) is 11.5 Å². The molecule has 0 saturated carbocycles. The molecule has 0 unspecified atom stereocenters. The maximum Gasteiger partial charge on any atom is 0.153 e. The first kappa shape index (κ1) is 33.7. The Hall–Kier alpha value is -7.36. The van der Waals surface area contributed by atoms with E-state index in [2.05, 4.69) is 230 Å². The van der Waals surface area contributed by atoms with E-state index in [4.69, 9.17) is 4.74 Å². The van der Waals surface area contributed by atoms with Crippen LogP contribution < -0.4 is 14.5 Å². The van der Waals surface area contributed by atoms with E-state index in [0.29, 0.717) is 0 Å². The van der Waals surface area contributed by atoms with Crippen LogP contribution in [0.1, 0.15) is 47.2 Å². The van der Waals surface area contributed by atoms with Crippen molar-refractivity contribution >= 4 is 44.9 Å². The lowest BCUT2D eigenvalue weighted by molar-refractivity contribution is 0.472. The van der Waals surface area contributed by atoms with E-state index >= 15 is 0 Å². The monoisotopic (exact) mass is 756 g/mol. The van der Waals surface area contributed by atoms with E-state index in [1.54, 1.807) is 0 Å². The number of ether oxygens (including phenoxy) is 1. The van der Waals surface area contributed by atoms with Crippen LogP contribution in [0.3, 0.4) is 0 Å². The molecule has 0 fully saturated rings. The zero-order valence-electron chi connectivity index (χ0n) is 32.9. The lowest BCUT2D eigenvalue weighted by Gasteiger charge is -2.45. The van der Waals surface area contributed by atoms with Crippen LogP contribution in [0.15, 0.2) is 206 Å². The van der Waals surface area contributed by atoms with Crippen LogP contribution >= 0.6 is 0 Å². The number of benzene rings is 9. The molecule has 59 heavy (non-hydrogen) atoms. The third-order valence-corrected chi connectivity index (χ3v) is 13.1. The summed E-state index contributed by atoms with van der Waals surface area (Å²) in [4.78, 5) is 4.88. The van der Waals surface area contributed by atoms with Crippen molar-refractivity contribution in [3.8, 4) is 22.6 Å². The maximum absolute atomic E-state index is 7.10. The lowest BCUT2D eigenvalue weighted by Crippen LogP contribution is -2.32. The summed E-state index contributed by atoms with van der Waals surface area (Å²) in [5.74, 6) is 1.70. The smallest absolute Gasteiger partial charge is 0.153 e. The molecular weight excluding hydrogens is 717 g/mol. The summed E-state index contributed by atoms with van der Waals surface area (Å²) < 4.78 is 7.10. The van der Waals surface area contributed by atoms with Crippen molar-refractivity contribution in [1.29, 1.82) is 0 Å². The van der Waals surface area contributed by atoms with Crippen molar-refractivity contribution < 1.29 is 4.74 Å². The summed E-state index contributed by atoms with van der Waals surface area (Å²) >= 11 is 0. The van der Waals surface area contributed by atoms with Gasteiger partial charge in [-0.25, -0.2) is 0 Å². The van der Waals surface area contributed by atoms with E-state index in [1.807, 2.05) is 0 Å². The molecule has 3 heteroatoms. The number of hydrogen-bond acceptors (Lipinski definition) is 3. The second-order valence-electron chi connectivity index (χ2n) is 16.5. The molecule has 2 heterocycles. The molecule has 0 amide bonds. The fraction of sp³-hybridized carbons (Fsp3) is 0.0714. The third-order valence-electron chi connectivity index (χ3n) is 13.1. The average Bonchev–Trinajstić information content (AvgIpc) is 3.59. The van der Waals surface area contributed by atoms with Crippen molar-refractivity contribution in [3.63, 3.8) is 0 Å². The summed E-state index contributed by atoms with van der Waals surface area (Å²) in [5.41, 5.74) is 15.8. The van der Waals surface area contributed by atoms with Gasteiger partial charge in [0.25, 0.3) is 0 Å². The van der Waals surface area contributed by atoms with Crippen LogP contribution in [-0.2, 0) is 10.8 Å². The van der Waals surface area contributed by atoms with Gasteiger partial charge in [0.15, 0.2) is 11.5 Å². The van der Waals surface area contributed by atoms with Crippen molar-refractivity contribution in [3.05, 3.63) is 240 Å². The SMILES string of the molecule is CC1(C)c2ccccc2N2c3c(cc(N(c4ccccc4)c4ccc5c(c4)C(c4ccccc4)(c4ccccc4)c4ccccc4-5)cc31)Oc1ccc3ccccc3c12. The topological polar surface area (TPSA) is 15.7 Å². The number of fused-ring (bicyclic) bond motifs is 9. The maximum atomic E-state index is 7.10. The molecule has 2 aliphatic heterocycles. The minimum Gasteiger partial charge on any atom is -0.453 e. The molecule has 0 saturated heterocycles. The largest absolute Gasteiger partial charge is 0.453 e. The molecule has 0 spiro atoms. The first-order valence-electron chi connectivity index (χ1n) is 20.5. The highest BCUT2D eigenvalue weighted by atomic mass is 16.5. The highest BCUT2D eigenvalue weighted by Gasteiger charge is 2.47. The second kappa shape index (κ2) is 12.6. The number of hydrogen-bond donors (Lipinski definition) is 0. The normalized spacial score (nSPS) is 14.6. The molecule has 12 rings (SSSR count). The highest BCUT2D eigenvalue weighted by molar-refractivity contribution is 6.06. The molecule has 0 aromatic heterocycles. The first-order chi connectivity index (χ1) is 29.0. The van der Waals surface area contributed by atoms with Gasteiger partial charge in [0, 0.05) is 28.2 Å². The summed E-state index contributed by atoms with van der Waals surface area (Å²) in [5, 5.41) is 2.36. The van der Waals surface area contributed by atoms with Crippen molar-refractivity contribution in [2.75, 3.05) is 9.80 Å². The van der Waals surface area contributed by atoms with E-state index in [-0.39, 0.29) is 5.41 Å². The predicted octanol–water partition coefficient (Wildman–Crippen LogP) is 14.9. The standard InChI is InChI=1S/C56H40N2O/c1-55(2)47-28-16-17-29-50(47)58-53-43-25-13-12-18-37(43)30-33-51(53)59-52-36-42(35-49(55)54(52)58)57(40-23-10-5-11-24-40)41-31-32-45-44-26-14-15-27-46(44)56(48(45)34-41,38-19-6-3-7-20-38)39-21-8-4-9-22-39/h3-36H,1-2H3. The van der Waals surface area contributed by atoms with Gasteiger partial charge in [-0.05, 0) is 92.4 Å². The lowest BCUT2D eigenvalue weighted by atomic mass is 9.67. The molecule has 0 radical (unpaired) electrons. The van der Waals surface area contributed by atoms with Crippen LogP contribution in [0.4, 0.5) is 34.1 Å². The van der Waals surface area contributed by atoms with Crippen LogP contribution in [0.25, 0.3) is 21.9 Å². The van der Waals surface area contributed by atoms with Gasteiger partial charge in [-0.3, -0.25) is 0 Å². The molecule has 3 aliphatic rings. The van der Waals surface area contributed by atoms with Crippen molar-refractivity contribution in [2.45, 2.75) is 24.7 Å². The van der Waals surface area contributed by atoms with Gasteiger partial charge < -0.3 is 14.5 Å². The Labute approximate surface area is 345 Å². The zero-order chi connectivity index (χ0) is 39.3. The van der Waals surface area contributed by atoms with Gasteiger partial charge in [-0.2, -0.15) is 0 Å². The average molecular weight is 757 g/mol. The Bertz CT molecular complexity index is 3080. The fourth-order valence-corrected chi connectivity index (χ4v) is 10.5. The summed E-state index contributed by atoms with van der Waals surface area (Å²) in [6.07, 6.45) is 0. The van der Waals surface area contributed by atoms with Gasteiger partial charge in [0.05, 0.1) is 28.2 Å². The van der Waals surface area contributed by atoms with Crippen LogP contribution in [0, 0.1) is 0 Å². The third kappa shape index (κ3) is 4.70. The minimum atomic E-state index is -0.517. The van der Waals surface area contributed by atoms with Crippen LogP contribution in [0.2, 0.25) is 0 Å². The molecular formula is C56H40N2O. The Morgan fingerprint density at radius 3 is 1.80 bits per heavy atom. The molecule has 0 N–H and O–H groups in total. The fourth-order valence-electron chi connectivity index (χ4n) is 10.5.